The van der Waals surface area contributed by atoms with Gasteiger partial charge in [-0.15, -0.1) is 0 Å². The molecule has 29 heavy (non-hydrogen) atoms. The van der Waals surface area contributed by atoms with Crippen LogP contribution >= 0.6 is 0 Å². The predicted molar refractivity (Wildman–Crippen MR) is 110 cm³/mol. The van der Waals surface area contributed by atoms with Crippen molar-refractivity contribution in [1.29, 1.82) is 0 Å². The molecule has 1 heterocycles. The van der Waals surface area contributed by atoms with Gasteiger partial charge in [-0.1, -0.05) is 12.1 Å². The summed E-state index contributed by atoms with van der Waals surface area (Å²) in [6.07, 6.45) is 3.92. The summed E-state index contributed by atoms with van der Waals surface area (Å²) in [6, 6.07) is 10.0. The minimum absolute atomic E-state index is 0.192. The van der Waals surface area contributed by atoms with Gasteiger partial charge in [0.05, 0.1) is 4.90 Å². The molecule has 0 unspecified atom stereocenters. The summed E-state index contributed by atoms with van der Waals surface area (Å²) < 4.78 is 41.2. The number of hydrogen-bond acceptors (Lipinski definition) is 3. The van der Waals surface area contributed by atoms with Crippen LogP contribution in [0.15, 0.2) is 41.3 Å². The Labute approximate surface area is 171 Å². The molecule has 0 radical (unpaired) electrons. The van der Waals surface area contributed by atoms with E-state index in [1.165, 1.54) is 15.9 Å². The molecule has 154 valence electrons. The molecule has 2 aromatic carbocycles. The molecule has 0 saturated carbocycles. The fraction of sp³-hybridized carbons (Fsp3) is 0.409. The van der Waals surface area contributed by atoms with Gasteiger partial charge < -0.3 is 5.32 Å². The van der Waals surface area contributed by atoms with Crippen LogP contribution in [0.1, 0.15) is 36.0 Å². The van der Waals surface area contributed by atoms with Crippen molar-refractivity contribution in [3.8, 4) is 0 Å². The van der Waals surface area contributed by atoms with Gasteiger partial charge in [-0.3, -0.25) is 4.79 Å². The molecule has 2 aromatic rings. The van der Waals surface area contributed by atoms with Crippen molar-refractivity contribution in [3.63, 3.8) is 0 Å². The highest BCUT2D eigenvalue weighted by atomic mass is 32.2. The van der Waals surface area contributed by atoms with Crippen LogP contribution in [0.4, 0.5) is 10.1 Å². The van der Waals surface area contributed by atoms with Gasteiger partial charge in [0.2, 0.25) is 15.9 Å². The van der Waals surface area contributed by atoms with Crippen LogP contribution < -0.4 is 5.32 Å². The average molecular weight is 417 g/mol. The molecule has 1 saturated heterocycles. The third kappa shape index (κ3) is 4.07. The largest absolute Gasteiger partial charge is 0.326 e. The van der Waals surface area contributed by atoms with Gasteiger partial charge >= 0.3 is 0 Å². The van der Waals surface area contributed by atoms with E-state index in [4.69, 9.17) is 0 Å². The quantitative estimate of drug-likeness (QED) is 0.827. The monoisotopic (exact) mass is 416 g/mol. The third-order valence-electron chi connectivity index (χ3n) is 5.97. The van der Waals surface area contributed by atoms with E-state index >= 15 is 0 Å². The lowest BCUT2D eigenvalue weighted by Gasteiger charge is -2.30. The van der Waals surface area contributed by atoms with Crippen molar-refractivity contribution in [2.45, 2.75) is 43.9 Å². The Morgan fingerprint density at radius 2 is 1.79 bits per heavy atom. The third-order valence-corrected chi connectivity index (χ3v) is 7.87. The van der Waals surface area contributed by atoms with E-state index in [2.05, 4.69) is 5.32 Å². The van der Waals surface area contributed by atoms with E-state index in [0.717, 1.165) is 24.8 Å². The highest BCUT2D eigenvalue weighted by Crippen LogP contribution is 2.29. The fourth-order valence-corrected chi connectivity index (χ4v) is 5.65. The second-order valence-corrected chi connectivity index (χ2v) is 9.85. The lowest BCUT2D eigenvalue weighted by atomic mass is 9.97. The number of piperidine rings is 1. The first-order valence-corrected chi connectivity index (χ1v) is 11.5. The van der Waals surface area contributed by atoms with Gasteiger partial charge in [-0.05, 0) is 80.0 Å². The van der Waals surface area contributed by atoms with Crippen LogP contribution in [0.2, 0.25) is 0 Å². The number of anilines is 1. The number of benzene rings is 2. The highest BCUT2D eigenvalue weighted by Gasteiger charge is 2.32. The van der Waals surface area contributed by atoms with Crippen LogP contribution in [0.25, 0.3) is 0 Å². The molecule has 0 atom stereocenters. The molecule has 1 fully saturated rings. The summed E-state index contributed by atoms with van der Waals surface area (Å²) in [5, 5.41) is 2.75. The van der Waals surface area contributed by atoms with E-state index in [-0.39, 0.29) is 17.6 Å². The zero-order valence-corrected chi connectivity index (χ0v) is 17.3. The van der Waals surface area contributed by atoms with Crippen LogP contribution in [0.5, 0.6) is 0 Å². The number of carbonyl (C=O) groups is 1. The van der Waals surface area contributed by atoms with Crippen molar-refractivity contribution < 1.29 is 17.6 Å². The number of nitrogens with one attached hydrogen (secondary N) is 1. The molecule has 1 aliphatic carbocycles. The average Bonchev–Trinajstić information content (AvgIpc) is 3.19. The number of rotatable bonds is 4. The summed E-state index contributed by atoms with van der Waals surface area (Å²) in [5.74, 6) is -0.841. The van der Waals surface area contributed by atoms with E-state index < -0.39 is 10.0 Å². The Balaban J connectivity index is 1.39. The fourth-order valence-electron chi connectivity index (χ4n) is 4.13. The second-order valence-electron chi connectivity index (χ2n) is 7.92. The Morgan fingerprint density at radius 1 is 1.07 bits per heavy atom. The van der Waals surface area contributed by atoms with E-state index in [9.17, 15) is 17.6 Å². The Kier molecular flexibility index (Phi) is 5.44. The molecule has 1 amide bonds. The molecule has 7 heteroatoms. The molecule has 0 bridgehead atoms. The molecule has 5 nitrogen and oxygen atoms in total. The van der Waals surface area contributed by atoms with Crippen molar-refractivity contribution >= 4 is 21.6 Å². The maximum Gasteiger partial charge on any atom is 0.243 e. The van der Waals surface area contributed by atoms with Crippen LogP contribution in [0.3, 0.4) is 0 Å². The second kappa shape index (κ2) is 7.88. The van der Waals surface area contributed by atoms with Gasteiger partial charge in [-0.2, -0.15) is 4.31 Å². The molecular formula is C22H25FN2O3S. The minimum atomic E-state index is -3.55. The predicted octanol–water partition coefficient (Wildman–Crippen LogP) is 3.66. The van der Waals surface area contributed by atoms with Crippen molar-refractivity contribution in [3.05, 3.63) is 58.9 Å². The van der Waals surface area contributed by atoms with Gasteiger partial charge in [0, 0.05) is 24.7 Å². The normalized spacial score (nSPS) is 17.9. The number of carbonyl (C=O) groups excluding carboxylic acids is 1. The Morgan fingerprint density at radius 3 is 2.52 bits per heavy atom. The van der Waals surface area contributed by atoms with Crippen molar-refractivity contribution in [2.24, 2.45) is 5.92 Å². The summed E-state index contributed by atoms with van der Waals surface area (Å²) in [4.78, 5) is 12.9. The van der Waals surface area contributed by atoms with Gasteiger partial charge in [-0.25, -0.2) is 12.8 Å². The molecule has 0 aromatic heterocycles. The van der Waals surface area contributed by atoms with Gasteiger partial charge in [0.15, 0.2) is 0 Å². The van der Waals surface area contributed by atoms with Gasteiger partial charge in [0.1, 0.15) is 5.82 Å². The molecule has 1 aliphatic heterocycles. The summed E-state index contributed by atoms with van der Waals surface area (Å²) in [7, 11) is -3.55. The number of halogens is 1. The van der Waals surface area contributed by atoms with Crippen LogP contribution in [-0.2, 0) is 27.7 Å². The number of hydrogen-bond donors (Lipinski definition) is 1. The number of nitrogens with zero attached hydrogens (tertiary/aromatic N) is 1. The maximum absolute atomic E-state index is 13.7. The standard InChI is InChI=1S/C22H25FN2O3S/c1-15-5-7-19(14-21(15)23)24-22(26)17-9-11-25(12-10-17)29(27,28)20-8-6-16-3-2-4-18(16)13-20/h5-8,13-14,17H,2-4,9-12H2,1H3,(H,24,26). The number of fused-ring (bicyclic) bond motifs is 1. The highest BCUT2D eigenvalue weighted by molar-refractivity contribution is 7.89. The van der Waals surface area contributed by atoms with Crippen molar-refractivity contribution in [2.75, 3.05) is 18.4 Å². The smallest absolute Gasteiger partial charge is 0.243 e. The van der Waals surface area contributed by atoms with Gasteiger partial charge in [0.25, 0.3) is 0 Å². The number of sulfonamides is 1. The molecule has 2 aliphatic rings. The van der Waals surface area contributed by atoms with Crippen LogP contribution in [-0.4, -0.2) is 31.7 Å². The topological polar surface area (TPSA) is 66.5 Å². The SMILES string of the molecule is Cc1ccc(NC(=O)C2CCN(S(=O)(=O)c3ccc4c(c3)CCC4)CC2)cc1F. The lowest BCUT2D eigenvalue weighted by Crippen LogP contribution is -2.41. The number of amides is 1. The zero-order chi connectivity index (χ0) is 20.6. The molecule has 4 rings (SSSR count). The Hall–Kier alpha value is -2.25. The maximum atomic E-state index is 13.7. The zero-order valence-electron chi connectivity index (χ0n) is 16.4. The molecule has 0 spiro atoms. The molecular weight excluding hydrogens is 391 g/mol. The first-order chi connectivity index (χ1) is 13.8. The summed E-state index contributed by atoms with van der Waals surface area (Å²) >= 11 is 0. The van der Waals surface area contributed by atoms with Crippen molar-refractivity contribution in [1.82, 2.24) is 4.31 Å². The van der Waals surface area contributed by atoms with E-state index in [1.54, 1.807) is 25.1 Å². The van der Waals surface area contributed by atoms with E-state index in [0.29, 0.717) is 42.1 Å². The van der Waals surface area contributed by atoms with E-state index in [1.807, 2.05) is 12.1 Å². The molecule has 1 N–H and O–H groups in total. The minimum Gasteiger partial charge on any atom is -0.326 e. The van der Waals surface area contributed by atoms with Crippen LogP contribution in [0, 0.1) is 18.7 Å². The summed E-state index contributed by atoms with van der Waals surface area (Å²) in [5.41, 5.74) is 3.32. The summed E-state index contributed by atoms with van der Waals surface area (Å²) in [6.45, 7) is 2.28. The first kappa shape index (κ1) is 20.0. The lowest BCUT2D eigenvalue weighted by molar-refractivity contribution is -0.120. The number of aryl methyl sites for hydroxylation is 3. The Bertz CT molecular complexity index is 1040. The first-order valence-electron chi connectivity index (χ1n) is 10.0.